The zero-order valence-corrected chi connectivity index (χ0v) is 18.3. The molecule has 2 N–H and O–H groups in total. The third-order valence-corrected chi connectivity index (χ3v) is 6.03. The fourth-order valence-corrected chi connectivity index (χ4v) is 4.42. The first kappa shape index (κ1) is 19.5. The van der Waals surface area contributed by atoms with Crippen molar-refractivity contribution in [1.82, 2.24) is 19.9 Å². The van der Waals surface area contributed by atoms with Gasteiger partial charge in [-0.2, -0.15) is 0 Å². The van der Waals surface area contributed by atoms with Gasteiger partial charge in [0, 0.05) is 12.8 Å². The molecule has 0 saturated carbocycles. The normalized spacial score (nSPS) is 11.4. The van der Waals surface area contributed by atoms with Crippen LogP contribution in [-0.2, 0) is 19.3 Å². The Kier molecular flexibility index (Phi) is 4.96. The lowest BCUT2D eigenvalue weighted by Gasteiger charge is -2.02. The van der Waals surface area contributed by atoms with Gasteiger partial charge in [-0.25, -0.2) is 9.97 Å². The van der Waals surface area contributed by atoms with E-state index < -0.39 is 0 Å². The predicted molar refractivity (Wildman–Crippen MR) is 133 cm³/mol. The van der Waals surface area contributed by atoms with Crippen molar-refractivity contribution in [3.05, 3.63) is 131 Å². The highest BCUT2D eigenvalue weighted by Gasteiger charge is 2.08. The molecule has 4 heteroatoms. The van der Waals surface area contributed by atoms with Gasteiger partial charge in [0.05, 0.1) is 22.1 Å². The first-order valence-electron chi connectivity index (χ1n) is 11.3. The van der Waals surface area contributed by atoms with Crippen molar-refractivity contribution < 1.29 is 0 Å². The molecule has 4 aromatic carbocycles. The van der Waals surface area contributed by atoms with Gasteiger partial charge in [-0.1, -0.05) is 72.8 Å². The molecular formula is C29H24N4. The smallest absolute Gasteiger partial charge is 0.111 e. The van der Waals surface area contributed by atoms with E-state index in [4.69, 9.17) is 9.97 Å². The number of hydrogen-bond acceptors (Lipinski definition) is 2. The number of benzene rings is 4. The van der Waals surface area contributed by atoms with Gasteiger partial charge in [0.25, 0.3) is 0 Å². The SMILES string of the molecule is c1ccc(Cc2nc3ccc(Cc4ccc5nc(Cc6ccccc6)[nH]c5c4)cc3[nH]2)cc1. The molecule has 0 bridgehead atoms. The minimum Gasteiger partial charge on any atom is -0.342 e. The Bertz CT molecular complexity index is 1410. The Morgan fingerprint density at radius 1 is 0.455 bits per heavy atom. The third-order valence-electron chi connectivity index (χ3n) is 6.03. The lowest BCUT2D eigenvalue weighted by atomic mass is 10.0. The Balaban J connectivity index is 1.21. The molecule has 0 saturated heterocycles. The minimum absolute atomic E-state index is 0.812. The first-order valence-corrected chi connectivity index (χ1v) is 11.3. The summed E-state index contributed by atoms with van der Waals surface area (Å²) in [5.74, 6) is 2.00. The summed E-state index contributed by atoms with van der Waals surface area (Å²) in [6.07, 6.45) is 2.49. The van der Waals surface area contributed by atoms with Crippen LogP contribution in [0.4, 0.5) is 0 Å². The fraction of sp³-hybridized carbons (Fsp3) is 0.103. The van der Waals surface area contributed by atoms with E-state index in [1.165, 1.54) is 22.3 Å². The van der Waals surface area contributed by atoms with Gasteiger partial charge >= 0.3 is 0 Å². The Morgan fingerprint density at radius 3 is 1.36 bits per heavy atom. The summed E-state index contributed by atoms with van der Waals surface area (Å²) in [6, 6.07) is 33.9. The molecule has 0 spiro atoms. The molecule has 6 rings (SSSR count). The number of aromatic nitrogens is 4. The average Bonchev–Trinajstić information content (AvgIpc) is 3.42. The summed E-state index contributed by atoms with van der Waals surface area (Å²) >= 11 is 0. The molecule has 2 heterocycles. The average molecular weight is 429 g/mol. The number of nitrogens with zero attached hydrogens (tertiary/aromatic N) is 2. The van der Waals surface area contributed by atoms with E-state index in [1.54, 1.807) is 0 Å². The molecule has 4 nitrogen and oxygen atoms in total. The molecule has 0 atom stereocenters. The van der Waals surface area contributed by atoms with Crippen molar-refractivity contribution in [3.8, 4) is 0 Å². The molecule has 0 amide bonds. The Morgan fingerprint density at radius 2 is 0.909 bits per heavy atom. The molecule has 0 aliphatic carbocycles. The van der Waals surface area contributed by atoms with E-state index in [1.807, 2.05) is 12.1 Å². The van der Waals surface area contributed by atoms with Gasteiger partial charge in [0.1, 0.15) is 11.6 Å². The highest BCUT2D eigenvalue weighted by atomic mass is 14.9. The molecule has 160 valence electrons. The second-order valence-electron chi connectivity index (χ2n) is 8.57. The summed E-state index contributed by atoms with van der Waals surface area (Å²) < 4.78 is 0. The lowest BCUT2D eigenvalue weighted by molar-refractivity contribution is 1.04. The Labute approximate surface area is 192 Å². The first-order chi connectivity index (χ1) is 16.3. The van der Waals surface area contributed by atoms with Crippen LogP contribution in [0, 0.1) is 0 Å². The summed E-state index contributed by atoms with van der Waals surface area (Å²) in [5.41, 5.74) is 9.25. The standard InChI is InChI=1S/C29H24N4/c1-3-7-20(8-4-1)18-28-30-24-13-11-22(16-26(24)32-28)15-23-12-14-25-27(17-23)33-29(31-25)19-21-9-5-2-6-10-21/h1-14,16-17H,15,18-19H2,(H,30,32)(H,31,33). The van der Waals surface area contributed by atoms with Gasteiger partial charge in [0.15, 0.2) is 0 Å². The van der Waals surface area contributed by atoms with Gasteiger partial charge in [-0.05, 0) is 52.9 Å². The molecule has 0 aliphatic rings. The van der Waals surface area contributed by atoms with Crippen molar-refractivity contribution in [2.75, 3.05) is 0 Å². The third kappa shape index (κ3) is 4.28. The van der Waals surface area contributed by atoms with E-state index in [-0.39, 0.29) is 0 Å². The molecule has 0 radical (unpaired) electrons. The monoisotopic (exact) mass is 428 g/mol. The van der Waals surface area contributed by atoms with E-state index in [2.05, 4.69) is 94.9 Å². The van der Waals surface area contributed by atoms with E-state index in [0.717, 1.165) is 53.0 Å². The maximum Gasteiger partial charge on any atom is 0.111 e. The van der Waals surface area contributed by atoms with Crippen molar-refractivity contribution in [3.63, 3.8) is 0 Å². The lowest BCUT2D eigenvalue weighted by Crippen LogP contribution is -1.89. The van der Waals surface area contributed by atoms with Crippen LogP contribution < -0.4 is 0 Å². The maximum atomic E-state index is 4.77. The zero-order valence-electron chi connectivity index (χ0n) is 18.3. The van der Waals surface area contributed by atoms with Gasteiger partial charge < -0.3 is 9.97 Å². The topological polar surface area (TPSA) is 57.4 Å². The van der Waals surface area contributed by atoms with Crippen molar-refractivity contribution in [2.24, 2.45) is 0 Å². The number of aromatic amines is 2. The number of rotatable bonds is 6. The van der Waals surface area contributed by atoms with Crippen molar-refractivity contribution >= 4 is 22.1 Å². The quantitative estimate of drug-likeness (QED) is 0.331. The number of imidazole rings is 2. The minimum atomic E-state index is 0.812. The van der Waals surface area contributed by atoms with Gasteiger partial charge in [-0.15, -0.1) is 0 Å². The van der Waals surface area contributed by atoms with Crippen molar-refractivity contribution in [1.29, 1.82) is 0 Å². The van der Waals surface area contributed by atoms with Crippen LogP contribution in [0.5, 0.6) is 0 Å². The van der Waals surface area contributed by atoms with E-state index in [0.29, 0.717) is 0 Å². The number of fused-ring (bicyclic) bond motifs is 2. The number of hydrogen-bond donors (Lipinski definition) is 2. The summed E-state index contributed by atoms with van der Waals surface area (Å²) in [7, 11) is 0. The summed E-state index contributed by atoms with van der Waals surface area (Å²) in [5, 5.41) is 0. The molecule has 0 aliphatic heterocycles. The van der Waals surface area contributed by atoms with Gasteiger partial charge in [-0.3, -0.25) is 0 Å². The maximum absolute atomic E-state index is 4.77. The molecule has 0 unspecified atom stereocenters. The molecular weight excluding hydrogens is 404 g/mol. The second kappa shape index (κ2) is 8.40. The van der Waals surface area contributed by atoms with Crippen LogP contribution >= 0.6 is 0 Å². The van der Waals surface area contributed by atoms with Crippen LogP contribution in [0.1, 0.15) is 33.9 Å². The highest BCUT2D eigenvalue weighted by molar-refractivity contribution is 5.77. The van der Waals surface area contributed by atoms with E-state index in [9.17, 15) is 0 Å². The van der Waals surface area contributed by atoms with Crippen LogP contribution in [0.15, 0.2) is 97.1 Å². The zero-order chi connectivity index (χ0) is 22.0. The number of nitrogens with one attached hydrogen (secondary N) is 2. The Hall–Kier alpha value is -4.18. The van der Waals surface area contributed by atoms with Crippen LogP contribution in [-0.4, -0.2) is 19.9 Å². The number of H-pyrrole nitrogens is 2. The highest BCUT2D eigenvalue weighted by Crippen LogP contribution is 2.21. The van der Waals surface area contributed by atoms with E-state index >= 15 is 0 Å². The molecule has 0 fully saturated rings. The molecule has 33 heavy (non-hydrogen) atoms. The predicted octanol–water partition coefficient (Wildman–Crippen LogP) is 6.21. The van der Waals surface area contributed by atoms with Crippen LogP contribution in [0.3, 0.4) is 0 Å². The molecule has 6 aromatic rings. The van der Waals surface area contributed by atoms with Crippen LogP contribution in [0.25, 0.3) is 22.1 Å². The van der Waals surface area contributed by atoms with Crippen molar-refractivity contribution in [2.45, 2.75) is 19.3 Å². The summed E-state index contributed by atoms with van der Waals surface area (Å²) in [6.45, 7) is 0. The van der Waals surface area contributed by atoms with Crippen LogP contribution in [0.2, 0.25) is 0 Å². The molecule has 2 aromatic heterocycles. The second-order valence-corrected chi connectivity index (χ2v) is 8.57. The largest absolute Gasteiger partial charge is 0.342 e. The summed E-state index contributed by atoms with van der Waals surface area (Å²) in [4.78, 5) is 16.5. The fourth-order valence-electron chi connectivity index (χ4n) is 4.42. The van der Waals surface area contributed by atoms with Gasteiger partial charge in [0.2, 0.25) is 0 Å².